The number of aromatic nitrogens is 1. The molecule has 0 unspecified atom stereocenters. The zero-order valence-electron chi connectivity index (χ0n) is 10.9. The molecule has 0 atom stereocenters. The Bertz CT molecular complexity index is 567. The summed E-state index contributed by atoms with van der Waals surface area (Å²) in [6.07, 6.45) is 1.26. The van der Waals surface area contributed by atoms with Crippen molar-refractivity contribution in [2.45, 2.75) is 38.8 Å². The minimum atomic E-state index is -3.91. The van der Waals surface area contributed by atoms with E-state index in [0.717, 1.165) is 6.07 Å². The molecule has 6 heteroatoms. The highest BCUT2D eigenvalue weighted by molar-refractivity contribution is 7.89. The van der Waals surface area contributed by atoms with Crippen molar-refractivity contribution >= 4 is 10.0 Å². The Balaban J connectivity index is 2.29. The minimum absolute atomic E-state index is 0.147. The zero-order valence-corrected chi connectivity index (χ0v) is 11.7. The van der Waals surface area contributed by atoms with E-state index in [2.05, 4.69) is 9.71 Å². The van der Waals surface area contributed by atoms with Crippen LogP contribution in [-0.2, 0) is 10.0 Å². The Morgan fingerprint density at radius 1 is 1.28 bits per heavy atom. The Hall–Kier alpha value is -1.01. The summed E-state index contributed by atoms with van der Waals surface area (Å²) in [5, 5.41) is -0.538. The van der Waals surface area contributed by atoms with Crippen molar-refractivity contribution in [3.8, 4) is 0 Å². The molecule has 1 aliphatic rings. The first-order valence-corrected chi connectivity index (χ1v) is 7.22. The average molecular weight is 272 g/mol. The van der Waals surface area contributed by atoms with Gasteiger partial charge in [-0.1, -0.05) is 27.7 Å². The quantitative estimate of drug-likeness (QED) is 0.914. The predicted octanol–water partition coefficient (Wildman–Crippen LogP) is 1.93. The third-order valence-electron chi connectivity index (χ3n) is 4.27. The lowest BCUT2D eigenvalue weighted by atomic mass is 10.0. The highest BCUT2D eigenvalue weighted by atomic mass is 32.2. The summed E-state index contributed by atoms with van der Waals surface area (Å²) in [6.45, 7) is 7.92. The van der Waals surface area contributed by atoms with E-state index in [9.17, 15) is 12.8 Å². The molecule has 1 N–H and O–H groups in total. The minimum Gasteiger partial charge on any atom is -0.241 e. The van der Waals surface area contributed by atoms with Crippen LogP contribution in [0.3, 0.4) is 0 Å². The number of halogens is 1. The summed E-state index contributed by atoms with van der Waals surface area (Å²) in [7, 11) is -3.91. The van der Waals surface area contributed by atoms with E-state index in [0.29, 0.717) is 0 Å². The van der Waals surface area contributed by atoms with Gasteiger partial charge >= 0.3 is 0 Å². The lowest BCUT2D eigenvalue weighted by molar-refractivity contribution is 0.457. The summed E-state index contributed by atoms with van der Waals surface area (Å²) in [6, 6.07) is 2.24. The van der Waals surface area contributed by atoms with Crippen molar-refractivity contribution in [3.05, 3.63) is 24.1 Å². The maximum absolute atomic E-state index is 13.5. The van der Waals surface area contributed by atoms with Gasteiger partial charge in [-0.2, -0.15) is 0 Å². The molecule has 1 saturated carbocycles. The van der Waals surface area contributed by atoms with Gasteiger partial charge in [0.15, 0.2) is 5.82 Å². The SMILES string of the molecule is CC1(C)C(NS(=O)(=O)c2ncccc2F)C1(C)C. The van der Waals surface area contributed by atoms with Gasteiger partial charge in [-0.3, -0.25) is 0 Å². The van der Waals surface area contributed by atoms with Crippen LogP contribution >= 0.6 is 0 Å². The van der Waals surface area contributed by atoms with Gasteiger partial charge in [0, 0.05) is 12.2 Å². The van der Waals surface area contributed by atoms with Gasteiger partial charge in [-0.05, 0) is 23.0 Å². The summed E-state index contributed by atoms with van der Waals surface area (Å²) in [5.74, 6) is -0.832. The molecular weight excluding hydrogens is 255 g/mol. The molecule has 0 saturated heterocycles. The Kier molecular flexibility index (Phi) is 2.79. The van der Waals surface area contributed by atoms with E-state index >= 15 is 0 Å². The molecule has 1 aromatic heterocycles. The first-order chi connectivity index (χ1) is 8.11. The van der Waals surface area contributed by atoms with Crippen LogP contribution in [0.4, 0.5) is 4.39 Å². The van der Waals surface area contributed by atoms with Gasteiger partial charge in [-0.25, -0.2) is 22.5 Å². The largest absolute Gasteiger partial charge is 0.261 e. The van der Waals surface area contributed by atoms with Crippen molar-refractivity contribution < 1.29 is 12.8 Å². The van der Waals surface area contributed by atoms with E-state index in [-0.39, 0.29) is 16.9 Å². The van der Waals surface area contributed by atoms with Gasteiger partial charge in [0.05, 0.1) is 0 Å². The van der Waals surface area contributed by atoms with Crippen LogP contribution in [0.1, 0.15) is 27.7 Å². The lowest BCUT2D eigenvalue weighted by Crippen LogP contribution is -2.31. The number of hydrogen-bond donors (Lipinski definition) is 1. The van der Waals surface area contributed by atoms with Gasteiger partial charge < -0.3 is 0 Å². The molecule has 1 heterocycles. The highest BCUT2D eigenvalue weighted by Gasteiger charge is 2.66. The second-order valence-electron chi connectivity index (χ2n) is 5.79. The molecule has 0 radical (unpaired) electrons. The summed E-state index contributed by atoms with van der Waals surface area (Å²) >= 11 is 0. The first kappa shape index (κ1) is 13.4. The van der Waals surface area contributed by atoms with Crippen LogP contribution in [0.5, 0.6) is 0 Å². The van der Waals surface area contributed by atoms with Crippen molar-refractivity contribution in [3.63, 3.8) is 0 Å². The molecule has 0 aliphatic heterocycles. The summed E-state index contributed by atoms with van der Waals surface area (Å²) < 4.78 is 40.1. The van der Waals surface area contributed by atoms with Gasteiger partial charge in [0.1, 0.15) is 0 Å². The van der Waals surface area contributed by atoms with Crippen LogP contribution in [0, 0.1) is 16.6 Å². The molecule has 4 nitrogen and oxygen atoms in total. The van der Waals surface area contributed by atoms with Gasteiger partial charge in [-0.15, -0.1) is 0 Å². The second-order valence-corrected chi connectivity index (χ2v) is 7.42. The Morgan fingerprint density at radius 3 is 2.28 bits per heavy atom. The smallest absolute Gasteiger partial charge is 0.241 e. The third-order valence-corrected chi connectivity index (χ3v) is 5.63. The highest BCUT2D eigenvalue weighted by Crippen LogP contribution is 2.62. The Morgan fingerprint density at radius 2 is 1.83 bits per heavy atom. The predicted molar refractivity (Wildman–Crippen MR) is 65.9 cm³/mol. The fourth-order valence-corrected chi connectivity index (χ4v) is 3.81. The normalized spacial score (nSPS) is 21.8. The molecule has 1 aliphatic carbocycles. The van der Waals surface area contributed by atoms with E-state index in [1.54, 1.807) is 0 Å². The monoisotopic (exact) mass is 272 g/mol. The van der Waals surface area contributed by atoms with Crippen LogP contribution in [0.25, 0.3) is 0 Å². The standard InChI is InChI=1S/C12H17FN2O2S/c1-11(2)10(12(11,3)4)15-18(16,17)9-8(13)6-5-7-14-9/h5-7,10,15H,1-4H3. The number of hydrogen-bond acceptors (Lipinski definition) is 3. The average Bonchev–Trinajstić information content (AvgIpc) is 2.61. The molecule has 1 fully saturated rings. The zero-order chi connectivity index (χ0) is 13.8. The topological polar surface area (TPSA) is 59.1 Å². The molecule has 0 spiro atoms. The van der Waals surface area contributed by atoms with Crippen molar-refractivity contribution in [1.29, 1.82) is 0 Å². The maximum atomic E-state index is 13.5. The first-order valence-electron chi connectivity index (χ1n) is 5.73. The maximum Gasteiger partial charge on any atom is 0.261 e. The number of rotatable bonds is 3. The fraction of sp³-hybridized carbons (Fsp3) is 0.583. The lowest BCUT2D eigenvalue weighted by Gasteiger charge is -2.07. The molecule has 0 amide bonds. The molecule has 100 valence electrons. The van der Waals surface area contributed by atoms with E-state index in [1.807, 2.05) is 27.7 Å². The molecule has 18 heavy (non-hydrogen) atoms. The molecule has 0 bridgehead atoms. The van der Waals surface area contributed by atoms with Crippen molar-refractivity contribution in [1.82, 2.24) is 9.71 Å². The summed E-state index contributed by atoms with van der Waals surface area (Å²) in [5.41, 5.74) is -0.295. The Labute approximate surface area is 107 Å². The fourth-order valence-electron chi connectivity index (χ4n) is 2.27. The third kappa shape index (κ3) is 1.83. The van der Waals surface area contributed by atoms with Gasteiger partial charge in [0.2, 0.25) is 5.03 Å². The summed E-state index contributed by atoms with van der Waals surface area (Å²) in [4.78, 5) is 3.60. The molecule has 2 rings (SSSR count). The number of pyridine rings is 1. The second kappa shape index (κ2) is 3.74. The molecular formula is C12H17FN2O2S. The molecule has 0 aromatic carbocycles. The number of nitrogens with zero attached hydrogens (tertiary/aromatic N) is 1. The molecule has 1 aromatic rings. The van der Waals surface area contributed by atoms with Gasteiger partial charge in [0.25, 0.3) is 10.0 Å². The van der Waals surface area contributed by atoms with E-state index in [1.165, 1.54) is 12.3 Å². The van der Waals surface area contributed by atoms with Crippen LogP contribution in [0.15, 0.2) is 23.4 Å². The van der Waals surface area contributed by atoms with E-state index < -0.39 is 20.9 Å². The number of nitrogens with one attached hydrogen (secondary N) is 1. The van der Waals surface area contributed by atoms with Crippen molar-refractivity contribution in [2.75, 3.05) is 0 Å². The van der Waals surface area contributed by atoms with Crippen LogP contribution in [0.2, 0.25) is 0 Å². The van der Waals surface area contributed by atoms with E-state index in [4.69, 9.17) is 0 Å². The van der Waals surface area contributed by atoms with Crippen LogP contribution in [-0.4, -0.2) is 19.4 Å². The van der Waals surface area contributed by atoms with Crippen molar-refractivity contribution in [2.24, 2.45) is 10.8 Å². The van der Waals surface area contributed by atoms with Crippen LogP contribution < -0.4 is 4.72 Å². The number of sulfonamides is 1.